The summed E-state index contributed by atoms with van der Waals surface area (Å²) >= 11 is 0. The van der Waals surface area contributed by atoms with Gasteiger partial charge in [0.25, 0.3) is 0 Å². The molecular formula is C12H17NO. The van der Waals surface area contributed by atoms with Crippen LogP contribution in [0.1, 0.15) is 42.9 Å². The van der Waals surface area contributed by atoms with Crippen molar-refractivity contribution >= 4 is 0 Å². The minimum atomic E-state index is -0.277. The van der Waals surface area contributed by atoms with Crippen molar-refractivity contribution in [2.75, 3.05) is 0 Å². The average molecular weight is 191 g/mol. The SMILES string of the molecule is Cc1cnccc1C(O)C1CCCC1. The van der Waals surface area contributed by atoms with Crippen molar-refractivity contribution in [3.8, 4) is 0 Å². The Labute approximate surface area is 85.0 Å². The number of aryl methyl sites for hydroxylation is 1. The molecule has 0 aromatic carbocycles. The topological polar surface area (TPSA) is 33.1 Å². The molecule has 1 saturated carbocycles. The fraction of sp³-hybridized carbons (Fsp3) is 0.583. The Hall–Kier alpha value is -0.890. The van der Waals surface area contributed by atoms with E-state index in [1.54, 1.807) is 6.20 Å². The Balaban J connectivity index is 2.17. The quantitative estimate of drug-likeness (QED) is 0.779. The molecule has 14 heavy (non-hydrogen) atoms. The summed E-state index contributed by atoms with van der Waals surface area (Å²) in [7, 11) is 0. The van der Waals surface area contributed by atoms with E-state index in [-0.39, 0.29) is 6.10 Å². The van der Waals surface area contributed by atoms with Gasteiger partial charge in [0, 0.05) is 12.4 Å². The van der Waals surface area contributed by atoms with E-state index in [0.717, 1.165) is 11.1 Å². The number of aliphatic hydroxyl groups excluding tert-OH is 1. The zero-order chi connectivity index (χ0) is 9.97. The molecule has 0 spiro atoms. The molecular weight excluding hydrogens is 174 g/mol. The number of rotatable bonds is 2. The number of hydrogen-bond donors (Lipinski definition) is 1. The molecule has 1 aromatic heterocycles. The standard InChI is InChI=1S/C12H17NO/c1-9-8-13-7-6-11(9)12(14)10-4-2-3-5-10/h6-8,10,12,14H,2-5H2,1H3. The van der Waals surface area contributed by atoms with Crippen LogP contribution in [0.4, 0.5) is 0 Å². The molecule has 1 fully saturated rings. The first-order chi connectivity index (χ1) is 6.79. The summed E-state index contributed by atoms with van der Waals surface area (Å²) in [4.78, 5) is 4.04. The van der Waals surface area contributed by atoms with Gasteiger partial charge in [-0.1, -0.05) is 12.8 Å². The van der Waals surface area contributed by atoms with Crippen molar-refractivity contribution < 1.29 is 5.11 Å². The second-order valence-electron chi connectivity index (χ2n) is 4.22. The van der Waals surface area contributed by atoms with E-state index in [1.807, 2.05) is 19.2 Å². The van der Waals surface area contributed by atoms with Gasteiger partial charge in [0.05, 0.1) is 6.10 Å². The smallest absolute Gasteiger partial charge is 0.0821 e. The Morgan fingerprint density at radius 3 is 2.79 bits per heavy atom. The third-order valence-corrected chi connectivity index (χ3v) is 3.23. The Morgan fingerprint density at radius 2 is 2.14 bits per heavy atom. The van der Waals surface area contributed by atoms with Crippen LogP contribution < -0.4 is 0 Å². The predicted octanol–water partition coefficient (Wildman–Crippen LogP) is 2.61. The van der Waals surface area contributed by atoms with Crippen LogP contribution in [0, 0.1) is 12.8 Å². The monoisotopic (exact) mass is 191 g/mol. The maximum atomic E-state index is 10.2. The third-order valence-electron chi connectivity index (χ3n) is 3.23. The minimum Gasteiger partial charge on any atom is -0.388 e. The lowest BCUT2D eigenvalue weighted by molar-refractivity contribution is 0.111. The molecule has 0 amide bonds. The summed E-state index contributed by atoms with van der Waals surface area (Å²) in [5.74, 6) is 0.469. The van der Waals surface area contributed by atoms with Gasteiger partial charge in [0.15, 0.2) is 0 Å². The van der Waals surface area contributed by atoms with Crippen LogP contribution in [0.25, 0.3) is 0 Å². The molecule has 1 N–H and O–H groups in total. The Morgan fingerprint density at radius 1 is 1.43 bits per heavy atom. The van der Waals surface area contributed by atoms with Gasteiger partial charge >= 0.3 is 0 Å². The largest absolute Gasteiger partial charge is 0.388 e. The summed E-state index contributed by atoms with van der Waals surface area (Å²) in [5, 5.41) is 10.2. The van der Waals surface area contributed by atoms with E-state index >= 15 is 0 Å². The average Bonchev–Trinajstić information content (AvgIpc) is 2.70. The Bertz CT molecular complexity index is 305. The molecule has 1 aliphatic carbocycles. The number of pyridine rings is 1. The highest BCUT2D eigenvalue weighted by molar-refractivity contribution is 5.24. The molecule has 1 unspecified atom stereocenters. The fourth-order valence-corrected chi connectivity index (χ4v) is 2.34. The molecule has 1 aromatic rings. The number of hydrogen-bond acceptors (Lipinski definition) is 2. The lowest BCUT2D eigenvalue weighted by Crippen LogP contribution is -2.10. The van der Waals surface area contributed by atoms with E-state index in [1.165, 1.54) is 25.7 Å². The van der Waals surface area contributed by atoms with Crippen molar-refractivity contribution in [1.82, 2.24) is 4.98 Å². The second-order valence-corrected chi connectivity index (χ2v) is 4.22. The van der Waals surface area contributed by atoms with Gasteiger partial charge in [-0.2, -0.15) is 0 Å². The van der Waals surface area contributed by atoms with Crippen LogP contribution in [0.5, 0.6) is 0 Å². The van der Waals surface area contributed by atoms with Crippen molar-refractivity contribution in [3.63, 3.8) is 0 Å². The van der Waals surface area contributed by atoms with Crippen LogP contribution >= 0.6 is 0 Å². The van der Waals surface area contributed by atoms with E-state index in [2.05, 4.69) is 4.98 Å². The fourth-order valence-electron chi connectivity index (χ4n) is 2.34. The zero-order valence-corrected chi connectivity index (χ0v) is 8.61. The summed E-state index contributed by atoms with van der Waals surface area (Å²) in [6.45, 7) is 2.01. The van der Waals surface area contributed by atoms with Crippen molar-refractivity contribution in [2.45, 2.75) is 38.7 Å². The first-order valence-electron chi connectivity index (χ1n) is 5.37. The van der Waals surface area contributed by atoms with Gasteiger partial charge in [-0.25, -0.2) is 0 Å². The van der Waals surface area contributed by atoms with Crippen LogP contribution in [-0.2, 0) is 0 Å². The molecule has 1 heterocycles. The van der Waals surface area contributed by atoms with Gasteiger partial charge in [-0.15, -0.1) is 0 Å². The molecule has 1 aliphatic rings. The van der Waals surface area contributed by atoms with E-state index in [9.17, 15) is 5.11 Å². The second kappa shape index (κ2) is 4.09. The van der Waals surface area contributed by atoms with E-state index in [4.69, 9.17) is 0 Å². The number of aliphatic hydroxyl groups is 1. The number of aromatic nitrogens is 1. The molecule has 0 bridgehead atoms. The van der Waals surface area contributed by atoms with Crippen molar-refractivity contribution in [2.24, 2.45) is 5.92 Å². The van der Waals surface area contributed by atoms with E-state index in [0.29, 0.717) is 5.92 Å². The maximum Gasteiger partial charge on any atom is 0.0821 e. The van der Waals surface area contributed by atoms with Crippen LogP contribution in [0.15, 0.2) is 18.5 Å². The van der Waals surface area contributed by atoms with Gasteiger partial charge in [-0.05, 0) is 42.9 Å². The summed E-state index contributed by atoms with van der Waals surface area (Å²) < 4.78 is 0. The molecule has 1 atom stereocenters. The molecule has 0 saturated heterocycles. The van der Waals surface area contributed by atoms with Crippen LogP contribution in [0.2, 0.25) is 0 Å². The summed E-state index contributed by atoms with van der Waals surface area (Å²) in [6, 6.07) is 1.94. The third kappa shape index (κ3) is 1.80. The lowest BCUT2D eigenvalue weighted by Gasteiger charge is -2.19. The van der Waals surface area contributed by atoms with Crippen LogP contribution in [0.3, 0.4) is 0 Å². The van der Waals surface area contributed by atoms with Crippen LogP contribution in [-0.4, -0.2) is 10.1 Å². The number of nitrogens with zero attached hydrogens (tertiary/aromatic N) is 1. The highest BCUT2D eigenvalue weighted by Gasteiger charge is 2.25. The van der Waals surface area contributed by atoms with Crippen molar-refractivity contribution in [1.29, 1.82) is 0 Å². The summed E-state index contributed by atoms with van der Waals surface area (Å²) in [5.41, 5.74) is 2.17. The molecule has 2 rings (SSSR count). The molecule has 2 nitrogen and oxygen atoms in total. The zero-order valence-electron chi connectivity index (χ0n) is 8.61. The van der Waals surface area contributed by atoms with Gasteiger partial charge < -0.3 is 5.11 Å². The highest BCUT2D eigenvalue weighted by Crippen LogP contribution is 2.36. The van der Waals surface area contributed by atoms with Gasteiger partial charge in [0.2, 0.25) is 0 Å². The first-order valence-corrected chi connectivity index (χ1v) is 5.37. The molecule has 0 radical (unpaired) electrons. The van der Waals surface area contributed by atoms with Gasteiger partial charge in [0.1, 0.15) is 0 Å². The Kier molecular flexibility index (Phi) is 2.82. The normalized spacial score (nSPS) is 19.9. The minimum absolute atomic E-state index is 0.277. The first kappa shape index (κ1) is 9.66. The van der Waals surface area contributed by atoms with Crippen molar-refractivity contribution in [3.05, 3.63) is 29.6 Å². The maximum absolute atomic E-state index is 10.2. The summed E-state index contributed by atoms with van der Waals surface area (Å²) in [6.07, 6.45) is 8.19. The molecule has 2 heteroatoms. The predicted molar refractivity (Wildman–Crippen MR) is 55.9 cm³/mol. The molecule has 76 valence electrons. The lowest BCUT2D eigenvalue weighted by atomic mass is 9.93. The van der Waals surface area contributed by atoms with Gasteiger partial charge in [-0.3, -0.25) is 4.98 Å². The highest BCUT2D eigenvalue weighted by atomic mass is 16.3. The molecule has 0 aliphatic heterocycles. The van der Waals surface area contributed by atoms with E-state index < -0.39 is 0 Å².